The number of carbonyl (C=O) groups is 3. The topological polar surface area (TPSA) is 207 Å². The van der Waals surface area contributed by atoms with Crippen molar-refractivity contribution in [2.24, 2.45) is 0 Å². The Balaban J connectivity index is 0.000000133. The van der Waals surface area contributed by atoms with Crippen molar-refractivity contribution in [3.8, 4) is 23.0 Å². The molecular weight excluding hydrogens is 750 g/mol. The van der Waals surface area contributed by atoms with Crippen LogP contribution in [-0.4, -0.2) is 71.0 Å². The van der Waals surface area contributed by atoms with E-state index in [1.807, 2.05) is 12.1 Å². The number of furan rings is 3. The Morgan fingerprint density at radius 2 is 1.07 bits per heavy atom. The molecule has 2 unspecified atom stereocenters. The maximum Gasteiger partial charge on any atom is 0.229 e. The number of carbonyl (C=O) groups excluding carboxylic acids is 3. The smallest absolute Gasteiger partial charge is 0.229 e. The number of aromatic nitrogens is 3. The number of benzene rings is 2. The number of nitrogens with zero attached hydrogens (tertiary/aromatic N) is 3. The van der Waals surface area contributed by atoms with E-state index in [1.165, 1.54) is 38.4 Å². The average Bonchev–Trinajstić information content (AvgIpc) is 4.00. The molecule has 15 nitrogen and oxygen atoms in total. The summed E-state index contributed by atoms with van der Waals surface area (Å²) in [5.41, 5.74) is 1.82. The van der Waals surface area contributed by atoms with Crippen LogP contribution in [0.5, 0.6) is 23.0 Å². The van der Waals surface area contributed by atoms with Crippen molar-refractivity contribution in [2.45, 2.75) is 33.0 Å². The molecule has 1 aliphatic carbocycles. The second kappa shape index (κ2) is 15.8. The normalized spacial score (nSPS) is 12.9. The predicted molar refractivity (Wildman–Crippen MR) is 210 cm³/mol. The van der Waals surface area contributed by atoms with Crippen molar-refractivity contribution in [1.29, 1.82) is 0 Å². The number of fused-ring (bicyclic) bond motifs is 6. The Hall–Kier alpha value is -7.10. The number of hydrogen-bond donors (Lipinski definition) is 2. The van der Waals surface area contributed by atoms with Gasteiger partial charge in [0.2, 0.25) is 5.78 Å². The van der Waals surface area contributed by atoms with Gasteiger partial charge in [-0.1, -0.05) is 0 Å². The Kier molecular flexibility index (Phi) is 10.7. The zero-order valence-corrected chi connectivity index (χ0v) is 32.4. The number of hydrogen-bond acceptors (Lipinski definition) is 15. The Morgan fingerprint density at radius 3 is 1.60 bits per heavy atom. The van der Waals surface area contributed by atoms with E-state index < -0.39 is 12.2 Å². The molecule has 296 valence electrons. The molecule has 0 radical (unpaired) electrons. The highest BCUT2D eigenvalue weighted by Crippen LogP contribution is 2.45. The lowest BCUT2D eigenvalue weighted by Crippen LogP contribution is -2.19. The van der Waals surface area contributed by atoms with Gasteiger partial charge in [-0.05, 0) is 50.2 Å². The average molecular weight is 788 g/mol. The standard InChI is InChI=1S/C15H15NO4.C15H13NO4.C13H9NO4/c2*1-8(17)12-6-10-13(18-2)11-7-16-5-4-9(11)14(19-3)15(10)20-12;1-6(15)10-4-8-11(16)9-5-14-3-2-7(9)12(17)13(8)18-10/h4-8,17H,1-3H3;4-7H,1-3H3;2-6,15H,1H3. The molecule has 0 fully saturated rings. The van der Waals surface area contributed by atoms with Gasteiger partial charge >= 0.3 is 0 Å². The molecule has 58 heavy (non-hydrogen) atoms. The van der Waals surface area contributed by atoms with Crippen LogP contribution in [0.1, 0.15) is 87.1 Å². The van der Waals surface area contributed by atoms with E-state index in [0.717, 1.165) is 26.9 Å². The second-order valence-corrected chi connectivity index (χ2v) is 13.1. The second-order valence-electron chi connectivity index (χ2n) is 13.1. The first-order valence-electron chi connectivity index (χ1n) is 17.8. The third kappa shape index (κ3) is 6.65. The van der Waals surface area contributed by atoms with Gasteiger partial charge in [0, 0.05) is 71.2 Å². The Morgan fingerprint density at radius 1 is 0.569 bits per heavy atom. The first kappa shape index (κ1) is 39.1. The Bertz CT molecular complexity index is 2710. The number of ether oxygens (including phenoxy) is 4. The molecule has 2 atom stereocenters. The number of aliphatic hydroxyl groups excluding tert-OH is 2. The molecule has 1 aliphatic rings. The predicted octanol–water partition coefficient (Wildman–Crippen LogP) is 7.76. The summed E-state index contributed by atoms with van der Waals surface area (Å²) in [4.78, 5) is 47.9. The van der Waals surface area contributed by atoms with Gasteiger partial charge in [-0.25, -0.2) is 0 Å². The number of methoxy groups -OCH3 is 4. The van der Waals surface area contributed by atoms with Gasteiger partial charge in [-0.15, -0.1) is 0 Å². The van der Waals surface area contributed by atoms with E-state index in [2.05, 4.69) is 15.0 Å². The third-order valence-electron chi connectivity index (χ3n) is 9.50. The van der Waals surface area contributed by atoms with E-state index in [9.17, 15) is 24.6 Å². The van der Waals surface area contributed by atoms with Crippen molar-refractivity contribution in [3.63, 3.8) is 0 Å². The van der Waals surface area contributed by atoms with E-state index in [-0.39, 0.29) is 51.3 Å². The molecule has 9 rings (SSSR count). The lowest BCUT2D eigenvalue weighted by atomic mass is 9.90. The van der Waals surface area contributed by atoms with E-state index in [4.69, 9.17) is 32.2 Å². The molecule has 2 N–H and O–H groups in total. The quantitative estimate of drug-likeness (QED) is 0.148. The minimum absolute atomic E-state index is 0.00500. The number of rotatable bonds is 7. The van der Waals surface area contributed by atoms with Gasteiger partial charge in [0.05, 0.1) is 50.3 Å². The minimum atomic E-state index is -0.863. The lowest BCUT2D eigenvalue weighted by molar-refractivity contribution is 0.0953. The first-order valence-corrected chi connectivity index (χ1v) is 17.8. The monoisotopic (exact) mass is 787 g/mol. The fraction of sp³-hybridized carbons (Fsp3) is 0.209. The van der Waals surface area contributed by atoms with Crippen LogP contribution in [0.2, 0.25) is 0 Å². The van der Waals surface area contributed by atoms with Gasteiger partial charge < -0.3 is 42.4 Å². The fourth-order valence-corrected chi connectivity index (χ4v) is 6.78. The van der Waals surface area contributed by atoms with Crippen molar-refractivity contribution in [3.05, 3.63) is 113 Å². The van der Waals surface area contributed by atoms with Crippen molar-refractivity contribution in [2.75, 3.05) is 28.4 Å². The molecule has 0 spiro atoms. The van der Waals surface area contributed by atoms with E-state index in [0.29, 0.717) is 45.3 Å². The van der Waals surface area contributed by atoms with Crippen LogP contribution in [0.4, 0.5) is 0 Å². The zero-order chi connectivity index (χ0) is 41.4. The summed E-state index contributed by atoms with van der Waals surface area (Å²) >= 11 is 0. The molecule has 15 heteroatoms. The maximum absolute atomic E-state index is 12.2. The molecule has 0 aliphatic heterocycles. The van der Waals surface area contributed by atoms with E-state index >= 15 is 0 Å². The highest BCUT2D eigenvalue weighted by atomic mass is 16.5. The largest absolute Gasteiger partial charge is 0.495 e. The van der Waals surface area contributed by atoms with Gasteiger partial charge in [-0.2, -0.15) is 0 Å². The molecule has 8 aromatic rings. The summed E-state index contributed by atoms with van der Waals surface area (Å²) in [6.07, 6.45) is 8.05. The number of aliphatic hydroxyl groups is 2. The summed E-state index contributed by atoms with van der Waals surface area (Å²) < 4.78 is 38.5. The fourth-order valence-electron chi connectivity index (χ4n) is 6.78. The zero-order valence-electron chi connectivity index (χ0n) is 32.4. The van der Waals surface area contributed by atoms with Gasteiger partial charge in [0.15, 0.2) is 45.8 Å². The first-order chi connectivity index (χ1) is 27.9. The summed E-state index contributed by atoms with van der Waals surface area (Å²) in [5, 5.41) is 24.0. The highest BCUT2D eigenvalue weighted by Gasteiger charge is 2.34. The van der Waals surface area contributed by atoms with Crippen LogP contribution in [0.25, 0.3) is 43.5 Å². The lowest BCUT2D eigenvalue weighted by Gasteiger charge is -2.11. The maximum atomic E-state index is 12.2. The van der Waals surface area contributed by atoms with Crippen molar-refractivity contribution < 1.29 is 56.8 Å². The summed E-state index contributed by atoms with van der Waals surface area (Å²) in [6, 6.07) is 10.0. The van der Waals surface area contributed by atoms with Crippen LogP contribution in [-0.2, 0) is 0 Å². The SMILES string of the molecule is CC(O)c1cc2c(o1)C(=O)c1ccncc1C2=O.COc1c2cnccc2c(OC)c2oc(C(C)=O)cc12.COc1c2cnccc2c(OC)c2oc(C(C)O)cc12. The molecule has 0 saturated heterocycles. The summed E-state index contributed by atoms with van der Waals surface area (Å²) in [6.45, 7) is 4.61. The highest BCUT2D eigenvalue weighted by molar-refractivity contribution is 6.27. The molecule has 0 bridgehead atoms. The van der Waals surface area contributed by atoms with Crippen LogP contribution in [0.15, 0.2) is 86.8 Å². The number of Topliss-reactive ketones (excluding diaryl/α,β-unsaturated/α-hetero) is 1. The summed E-state index contributed by atoms with van der Waals surface area (Å²) in [5.74, 6) is 2.64. The van der Waals surface area contributed by atoms with E-state index in [1.54, 1.807) is 72.3 Å². The summed E-state index contributed by atoms with van der Waals surface area (Å²) in [7, 11) is 6.33. The number of ketones is 3. The van der Waals surface area contributed by atoms with Crippen LogP contribution >= 0.6 is 0 Å². The molecular formula is C43H37N3O12. The van der Waals surface area contributed by atoms with Crippen LogP contribution in [0.3, 0.4) is 0 Å². The van der Waals surface area contributed by atoms with Crippen LogP contribution < -0.4 is 18.9 Å². The van der Waals surface area contributed by atoms with Gasteiger partial charge in [0.25, 0.3) is 0 Å². The third-order valence-corrected chi connectivity index (χ3v) is 9.50. The Labute approximate surface area is 329 Å². The molecule has 0 amide bonds. The van der Waals surface area contributed by atoms with Crippen molar-refractivity contribution >= 4 is 60.8 Å². The van der Waals surface area contributed by atoms with Crippen molar-refractivity contribution in [1.82, 2.24) is 15.0 Å². The molecule has 2 aromatic carbocycles. The molecule has 0 saturated carbocycles. The minimum Gasteiger partial charge on any atom is -0.495 e. The van der Waals surface area contributed by atoms with Crippen LogP contribution in [0, 0.1) is 0 Å². The van der Waals surface area contributed by atoms with Gasteiger partial charge in [-0.3, -0.25) is 29.3 Å². The van der Waals surface area contributed by atoms with Gasteiger partial charge in [0.1, 0.15) is 35.2 Å². The molecule has 6 heterocycles. The molecule has 6 aromatic heterocycles. The number of pyridine rings is 3.